The molecule has 0 spiro atoms. The van der Waals surface area contributed by atoms with Gasteiger partial charge in [0.05, 0.1) is 13.2 Å². The third kappa shape index (κ3) is 4.11. The Morgan fingerprint density at radius 2 is 2.19 bits per heavy atom. The fourth-order valence-corrected chi connectivity index (χ4v) is 3.75. The first-order valence-corrected chi connectivity index (χ1v) is 9.80. The van der Waals surface area contributed by atoms with E-state index in [4.69, 9.17) is 9.72 Å². The van der Waals surface area contributed by atoms with Gasteiger partial charge in [0, 0.05) is 36.6 Å². The summed E-state index contributed by atoms with van der Waals surface area (Å²) in [4.78, 5) is 24.2. The summed E-state index contributed by atoms with van der Waals surface area (Å²) in [5, 5.41) is 3.08. The molecule has 0 saturated carbocycles. The fraction of sp³-hybridized carbons (Fsp3) is 0.476. The Hall–Kier alpha value is -2.47. The monoisotopic (exact) mass is 366 g/mol. The molecule has 1 amide bonds. The Morgan fingerprint density at radius 3 is 3.00 bits per heavy atom. The molecule has 1 saturated heterocycles. The number of aryl methyl sites for hydroxylation is 2. The van der Waals surface area contributed by atoms with Gasteiger partial charge in [-0.25, -0.2) is 9.97 Å². The molecule has 1 unspecified atom stereocenters. The summed E-state index contributed by atoms with van der Waals surface area (Å²) in [6.07, 6.45) is 5.22. The topological polar surface area (TPSA) is 67.4 Å². The molecule has 2 aromatic rings. The van der Waals surface area contributed by atoms with Crippen LogP contribution in [0.15, 0.2) is 30.5 Å². The number of hydrogen-bond donors (Lipinski definition) is 1. The van der Waals surface area contributed by atoms with Gasteiger partial charge in [-0.3, -0.25) is 4.79 Å². The van der Waals surface area contributed by atoms with Gasteiger partial charge in [0.1, 0.15) is 0 Å². The van der Waals surface area contributed by atoms with E-state index in [0.717, 1.165) is 68.5 Å². The standard InChI is InChI=1S/C21H26N4O2/c1-2-15-4-3-5-18(12-15)23-20(26)16-6-7-19-17(13-16)14-22-21(24-19)25-8-10-27-11-9-25/h3-5,12,14,16H,2,6-11,13H2,1H3,(H,23,26). The Labute approximate surface area is 160 Å². The number of aromatic nitrogens is 2. The van der Waals surface area contributed by atoms with Gasteiger partial charge in [0.25, 0.3) is 0 Å². The van der Waals surface area contributed by atoms with Crippen LogP contribution in [0.1, 0.15) is 30.2 Å². The molecule has 2 aliphatic rings. The maximum Gasteiger partial charge on any atom is 0.227 e. The van der Waals surface area contributed by atoms with Crippen LogP contribution in [-0.2, 0) is 28.8 Å². The number of hydrogen-bond acceptors (Lipinski definition) is 5. The van der Waals surface area contributed by atoms with E-state index >= 15 is 0 Å². The molecule has 1 aromatic heterocycles. The Kier molecular flexibility index (Phi) is 5.34. The number of nitrogens with one attached hydrogen (secondary N) is 1. The smallest absolute Gasteiger partial charge is 0.227 e. The summed E-state index contributed by atoms with van der Waals surface area (Å²) in [5.74, 6) is 0.850. The van der Waals surface area contributed by atoms with Crippen LogP contribution < -0.4 is 10.2 Å². The second-order valence-corrected chi connectivity index (χ2v) is 7.22. The molecule has 4 rings (SSSR count). The predicted octanol–water partition coefficient (Wildman–Crippen LogP) is 2.62. The lowest BCUT2D eigenvalue weighted by atomic mass is 9.86. The molecule has 1 aromatic carbocycles. The number of fused-ring (bicyclic) bond motifs is 1. The summed E-state index contributed by atoms with van der Waals surface area (Å²) in [5.41, 5.74) is 4.29. The van der Waals surface area contributed by atoms with Crippen LogP contribution in [-0.4, -0.2) is 42.2 Å². The molecule has 1 fully saturated rings. The minimum atomic E-state index is -0.0272. The molecular weight excluding hydrogens is 340 g/mol. The third-order valence-electron chi connectivity index (χ3n) is 5.40. The van der Waals surface area contributed by atoms with E-state index in [1.54, 1.807) is 0 Å². The lowest BCUT2D eigenvalue weighted by molar-refractivity contribution is -0.120. The van der Waals surface area contributed by atoms with E-state index in [0.29, 0.717) is 6.42 Å². The number of morpholine rings is 1. The van der Waals surface area contributed by atoms with E-state index in [1.807, 2.05) is 24.4 Å². The molecule has 1 aliphatic heterocycles. The van der Waals surface area contributed by atoms with Gasteiger partial charge in [0.15, 0.2) is 0 Å². The molecule has 27 heavy (non-hydrogen) atoms. The average molecular weight is 366 g/mol. The van der Waals surface area contributed by atoms with Crippen molar-refractivity contribution >= 4 is 17.5 Å². The minimum absolute atomic E-state index is 0.0272. The first-order valence-electron chi connectivity index (χ1n) is 9.80. The molecule has 142 valence electrons. The highest BCUT2D eigenvalue weighted by Gasteiger charge is 2.27. The minimum Gasteiger partial charge on any atom is -0.378 e. The molecule has 1 N–H and O–H groups in total. The Bertz CT molecular complexity index is 818. The number of rotatable bonds is 4. The van der Waals surface area contributed by atoms with Crippen molar-refractivity contribution in [1.29, 1.82) is 0 Å². The third-order valence-corrected chi connectivity index (χ3v) is 5.40. The van der Waals surface area contributed by atoms with Crippen LogP contribution in [0, 0.1) is 5.92 Å². The van der Waals surface area contributed by atoms with E-state index in [2.05, 4.69) is 28.2 Å². The first-order chi connectivity index (χ1) is 13.2. The van der Waals surface area contributed by atoms with Crippen molar-refractivity contribution in [3.05, 3.63) is 47.3 Å². The number of carbonyl (C=O) groups is 1. The normalized spacial score (nSPS) is 19.4. The summed E-state index contributed by atoms with van der Waals surface area (Å²) in [6.45, 7) is 5.23. The largest absolute Gasteiger partial charge is 0.378 e. The molecule has 1 atom stereocenters. The van der Waals surface area contributed by atoms with Crippen molar-refractivity contribution in [2.75, 3.05) is 36.5 Å². The van der Waals surface area contributed by atoms with Crippen LogP contribution >= 0.6 is 0 Å². The van der Waals surface area contributed by atoms with Crippen molar-refractivity contribution in [3.63, 3.8) is 0 Å². The molecule has 0 bridgehead atoms. The summed E-state index contributed by atoms with van der Waals surface area (Å²) < 4.78 is 5.40. The molecule has 6 nitrogen and oxygen atoms in total. The molecular formula is C21H26N4O2. The highest BCUT2D eigenvalue weighted by atomic mass is 16.5. The van der Waals surface area contributed by atoms with Gasteiger partial charge in [-0.05, 0) is 48.9 Å². The number of amides is 1. The number of nitrogens with zero attached hydrogens (tertiary/aromatic N) is 3. The molecule has 0 radical (unpaired) electrons. The number of carbonyl (C=O) groups excluding carboxylic acids is 1. The van der Waals surface area contributed by atoms with Gasteiger partial charge in [-0.1, -0.05) is 19.1 Å². The number of anilines is 2. The zero-order valence-corrected chi connectivity index (χ0v) is 15.8. The number of benzene rings is 1. The second-order valence-electron chi connectivity index (χ2n) is 7.22. The Morgan fingerprint density at radius 1 is 1.33 bits per heavy atom. The lowest BCUT2D eigenvalue weighted by Gasteiger charge is -2.28. The van der Waals surface area contributed by atoms with E-state index in [9.17, 15) is 4.79 Å². The quantitative estimate of drug-likeness (QED) is 0.901. The van der Waals surface area contributed by atoms with Crippen molar-refractivity contribution < 1.29 is 9.53 Å². The maximum absolute atomic E-state index is 12.7. The average Bonchev–Trinajstić information content (AvgIpc) is 2.73. The lowest BCUT2D eigenvalue weighted by Crippen LogP contribution is -2.38. The van der Waals surface area contributed by atoms with Crippen molar-refractivity contribution in [1.82, 2.24) is 9.97 Å². The van der Waals surface area contributed by atoms with E-state index < -0.39 is 0 Å². The predicted molar refractivity (Wildman–Crippen MR) is 105 cm³/mol. The van der Waals surface area contributed by atoms with Gasteiger partial charge in [0.2, 0.25) is 11.9 Å². The van der Waals surface area contributed by atoms with Crippen LogP contribution in [0.4, 0.5) is 11.6 Å². The highest BCUT2D eigenvalue weighted by molar-refractivity contribution is 5.93. The van der Waals surface area contributed by atoms with Crippen LogP contribution in [0.5, 0.6) is 0 Å². The number of ether oxygens (including phenoxy) is 1. The Balaban J connectivity index is 1.42. The van der Waals surface area contributed by atoms with E-state index in [-0.39, 0.29) is 11.8 Å². The molecule has 1 aliphatic carbocycles. The fourth-order valence-electron chi connectivity index (χ4n) is 3.75. The summed E-state index contributed by atoms with van der Waals surface area (Å²) >= 11 is 0. The molecule has 2 heterocycles. The van der Waals surface area contributed by atoms with Crippen LogP contribution in [0.3, 0.4) is 0 Å². The zero-order valence-electron chi connectivity index (χ0n) is 15.8. The van der Waals surface area contributed by atoms with Crippen molar-refractivity contribution in [3.8, 4) is 0 Å². The SMILES string of the molecule is CCc1cccc(NC(=O)C2CCc3nc(N4CCOCC4)ncc3C2)c1. The van der Waals surface area contributed by atoms with Crippen molar-refractivity contribution in [2.45, 2.75) is 32.6 Å². The summed E-state index contributed by atoms with van der Waals surface area (Å²) in [6, 6.07) is 8.07. The van der Waals surface area contributed by atoms with Gasteiger partial charge < -0.3 is 15.0 Å². The highest BCUT2D eigenvalue weighted by Crippen LogP contribution is 2.26. The first kappa shape index (κ1) is 17.9. The maximum atomic E-state index is 12.7. The van der Waals surface area contributed by atoms with Gasteiger partial charge >= 0.3 is 0 Å². The van der Waals surface area contributed by atoms with Crippen molar-refractivity contribution in [2.24, 2.45) is 5.92 Å². The van der Waals surface area contributed by atoms with Gasteiger partial charge in [-0.15, -0.1) is 0 Å². The van der Waals surface area contributed by atoms with Gasteiger partial charge in [-0.2, -0.15) is 0 Å². The van der Waals surface area contributed by atoms with Crippen LogP contribution in [0.2, 0.25) is 0 Å². The molecule has 6 heteroatoms. The zero-order chi connectivity index (χ0) is 18.6. The van der Waals surface area contributed by atoms with E-state index in [1.165, 1.54) is 5.56 Å². The second kappa shape index (κ2) is 8.05. The van der Waals surface area contributed by atoms with Crippen LogP contribution in [0.25, 0.3) is 0 Å². The summed E-state index contributed by atoms with van der Waals surface area (Å²) in [7, 11) is 0.